The number of hydrogen-bond acceptors (Lipinski definition) is 4. The number of anilines is 1. The predicted octanol–water partition coefficient (Wildman–Crippen LogP) is 7.17. The highest BCUT2D eigenvalue weighted by atomic mass is 32.2. The first-order valence-corrected chi connectivity index (χ1v) is 14.2. The number of aromatic nitrogens is 2. The molecule has 2 heterocycles. The molecule has 188 valence electrons. The zero-order valence-electron chi connectivity index (χ0n) is 21.8. The van der Waals surface area contributed by atoms with Gasteiger partial charge in [0.2, 0.25) is 0 Å². The molecule has 0 bridgehead atoms. The number of benzene rings is 2. The van der Waals surface area contributed by atoms with Gasteiger partial charge in [-0.25, -0.2) is 14.8 Å². The van der Waals surface area contributed by atoms with Crippen molar-refractivity contribution in [3.63, 3.8) is 0 Å². The van der Waals surface area contributed by atoms with Gasteiger partial charge in [-0.3, -0.25) is 4.90 Å². The fourth-order valence-corrected chi connectivity index (χ4v) is 6.37. The van der Waals surface area contributed by atoms with Gasteiger partial charge in [0, 0.05) is 40.8 Å². The lowest BCUT2D eigenvalue weighted by atomic mass is 9.75. The van der Waals surface area contributed by atoms with E-state index in [0.717, 1.165) is 46.8 Å². The smallest absolute Gasteiger partial charge is 0.322 e. The highest BCUT2D eigenvalue weighted by Crippen LogP contribution is 2.56. The largest absolute Gasteiger partial charge is 0.334 e. The van der Waals surface area contributed by atoms with Crippen molar-refractivity contribution in [1.29, 1.82) is 0 Å². The summed E-state index contributed by atoms with van der Waals surface area (Å²) in [7, 11) is 0. The summed E-state index contributed by atoms with van der Waals surface area (Å²) in [5, 5.41) is 3.18. The van der Waals surface area contributed by atoms with Gasteiger partial charge >= 0.3 is 6.03 Å². The maximum absolute atomic E-state index is 13.5. The maximum atomic E-state index is 13.5. The summed E-state index contributed by atoms with van der Waals surface area (Å²) in [4.78, 5) is 25.6. The van der Waals surface area contributed by atoms with Crippen LogP contribution in [0.5, 0.6) is 0 Å². The van der Waals surface area contributed by atoms with Crippen LogP contribution >= 0.6 is 11.8 Å². The Labute approximate surface area is 219 Å². The fraction of sp³-hybridized carbons (Fsp3) is 0.433. The van der Waals surface area contributed by atoms with E-state index in [2.05, 4.69) is 85.4 Å². The van der Waals surface area contributed by atoms with E-state index in [1.165, 1.54) is 23.3 Å². The van der Waals surface area contributed by atoms with E-state index in [4.69, 9.17) is 0 Å². The molecule has 0 saturated heterocycles. The first-order valence-electron chi connectivity index (χ1n) is 13.2. The quantitative estimate of drug-likeness (QED) is 0.333. The molecule has 1 fully saturated rings. The lowest BCUT2D eigenvalue weighted by Crippen LogP contribution is -2.43. The summed E-state index contributed by atoms with van der Waals surface area (Å²) < 4.78 is 0. The molecule has 0 radical (unpaired) electrons. The highest BCUT2D eigenvalue weighted by molar-refractivity contribution is 7.99. The number of fused-ring (bicyclic) bond motifs is 1. The molecule has 2 aromatic carbocycles. The monoisotopic (exact) mass is 500 g/mol. The van der Waals surface area contributed by atoms with Crippen LogP contribution < -0.4 is 10.2 Å². The van der Waals surface area contributed by atoms with Crippen molar-refractivity contribution in [3.05, 3.63) is 71.8 Å². The summed E-state index contributed by atoms with van der Waals surface area (Å²) in [6.07, 6.45) is 7.06. The van der Waals surface area contributed by atoms with Gasteiger partial charge in [-0.2, -0.15) is 0 Å². The molecule has 1 aliphatic carbocycles. The minimum atomic E-state index is -0.0158. The fourth-order valence-electron chi connectivity index (χ4n) is 5.71. The molecule has 0 spiro atoms. The molecule has 2 aliphatic rings. The molecule has 1 aromatic heterocycles. The zero-order chi connectivity index (χ0) is 25.3. The molecule has 5 nitrogen and oxygen atoms in total. The Morgan fingerprint density at radius 3 is 2.61 bits per heavy atom. The van der Waals surface area contributed by atoms with Crippen molar-refractivity contribution in [3.8, 4) is 11.1 Å². The van der Waals surface area contributed by atoms with Crippen molar-refractivity contribution in [1.82, 2.24) is 15.3 Å². The number of nitrogens with zero attached hydrogens (tertiary/aromatic N) is 3. The molecule has 5 rings (SSSR count). The van der Waals surface area contributed by atoms with Crippen molar-refractivity contribution in [2.24, 2.45) is 5.92 Å². The van der Waals surface area contributed by atoms with Crippen LogP contribution in [0, 0.1) is 5.92 Å². The Hall–Kier alpha value is -2.86. The van der Waals surface area contributed by atoms with Crippen LogP contribution in [0.15, 0.2) is 59.9 Å². The highest BCUT2D eigenvalue weighted by Gasteiger charge is 2.52. The molecular formula is C30H36N4OS. The van der Waals surface area contributed by atoms with E-state index in [0.29, 0.717) is 18.4 Å². The lowest BCUT2D eigenvalue weighted by Gasteiger charge is -2.29. The second-order valence-corrected chi connectivity index (χ2v) is 11.7. The molecule has 1 atom stereocenters. The van der Waals surface area contributed by atoms with E-state index in [-0.39, 0.29) is 11.4 Å². The molecule has 2 amide bonds. The van der Waals surface area contributed by atoms with E-state index < -0.39 is 0 Å². The molecule has 6 heteroatoms. The molecule has 36 heavy (non-hydrogen) atoms. The van der Waals surface area contributed by atoms with Crippen molar-refractivity contribution in [2.75, 3.05) is 17.2 Å². The first kappa shape index (κ1) is 24.8. The lowest BCUT2D eigenvalue weighted by molar-refractivity contribution is 0.244. The minimum absolute atomic E-state index is 0.00926. The summed E-state index contributed by atoms with van der Waals surface area (Å²) >= 11 is 1.83. The van der Waals surface area contributed by atoms with Crippen LogP contribution in [-0.4, -0.2) is 28.3 Å². The van der Waals surface area contributed by atoms with E-state index >= 15 is 0 Å². The Morgan fingerprint density at radius 1 is 1.17 bits per heavy atom. The second kappa shape index (κ2) is 10.3. The van der Waals surface area contributed by atoms with Gasteiger partial charge < -0.3 is 5.32 Å². The van der Waals surface area contributed by atoms with E-state index in [9.17, 15) is 4.79 Å². The number of hydrogen-bond donors (Lipinski definition) is 1. The molecule has 1 aliphatic heterocycles. The van der Waals surface area contributed by atoms with Crippen molar-refractivity contribution >= 4 is 23.5 Å². The van der Waals surface area contributed by atoms with E-state index in [1.807, 2.05) is 22.9 Å². The Morgan fingerprint density at radius 2 is 1.94 bits per heavy atom. The molecular weight excluding hydrogens is 464 g/mol. The van der Waals surface area contributed by atoms with Crippen LogP contribution in [0.1, 0.15) is 69.7 Å². The molecule has 1 saturated carbocycles. The van der Waals surface area contributed by atoms with Gasteiger partial charge in [0.1, 0.15) is 6.33 Å². The van der Waals surface area contributed by atoms with Gasteiger partial charge in [0.15, 0.2) is 0 Å². The SMILES string of the molecule is CCSc1ccc(CNC(=O)N2CC(CC)(C3CC3)c3cc(-c4cncnc4C(C)C)ccc32)cc1. The maximum Gasteiger partial charge on any atom is 0.322 e. The summed E-state index contributed by atoms with van der Waals surface area (Å²) in [6.45, 7) is 10.0. The van der Waals surface area contributed by atoms with E-state index in [1.54, 1.807) is 6.33 Å². The number of carbonyl (C=O) groups excluding carboxylic acids is 1. The summed E-state index contributed by atoms with van der Waals surface area (Å²) in [5.74, 6) is 2.00. The Bertz CT molecular complexity index is 1240. The third-order valence-electron chi connectivity index (χ3n) is 7.78. The number of urea groups is 1. The van der Waals surface area contributed by atoms with Crippen molar-refractivity contribution < 1.29 is 4.79 Å². The number of amides is 2. The zero-order valence-corrected chi connectivity index (χ0v) is 22.6. The van der Waals surface area contributed by atoms with Crippen LogP contribution in [0.3, 0.4) is 0 Å². The van der Waals surface area contributed by atoms with Crippen LogP contribution in [0.4, 0.5) is 10.5 Å². The average molecular weight is 501 g/mol. The van der Waals surface area contributed by atoms with Crippen LogP contribution in [0.25, 0.3) is 11.1 Å². The number of thioether (sulfide) groups is 1. The first-order chi connectivity index (χ1) is 17.5. The van der Waals surface area contributed by atoms with Crippen LogP contribution in [0.2, 0.25) is 0 Å². The van der Waals surface area contributed by atoms with Gasteiger partial charge in [-0.05, 0) is 77.8 Å². The van der Waals surface area contributed by atoms with Gasteiger partial charge in [0.25, 0.3) is 0 Å². The molecule has 3 aromatic rings. The third kappa shape index (κ3) is 4.63. The van der Waals surface area contributed by atoms with Gasteiger partial charge in [0.05, 0.1) is 5.69 Å². The van der Waals surface area contributed by atoms with Crippen molar-refractivity contribution in [2.45, 2.75) is 69.7 Å². The van der Waals surface area contributed by atoms with Crippen LogP contribution in [-0.2, 0) is 12.0 Å². The number of rotatable bonds is 8. The second-order valence-electron chi connectivity index (χ2n) is 10.3. The number of carbonyl (C=O) groups is 1. The average Bonchev–Trinajstić information content (AvgIpc) is 3.70. The molecule has 1 unspecified atom stereocenters. The standard InChI is InChI=1S/C30H36N4OS/c1-5-30(23-10-11-23)18-34(29(35)32-16-21-7-12-24(13-8-21)36-6-2)27-14-9-22(15-26(27)30)25-17-31-19-33-28(25)20(3)4/h7-9,12-15,17,19-20,23H,5-6,10-11,16,18H2,1-4H3,(H,32,35). The minimum Gasteiger partial charge on any atom is -0.334 e. The third-order valence-corrected chi connectivity index (χ3v) is 8.67. The summed E-state index contributed by atoms with van der Waals surface area (Å²) in [6, 6.07) is 15.1. The summed E-state index contributed by atoms with van der Waals surface area (Å²) in [5.41, 5.74) is 6.77. The Kier molecular flexibility index (Phi) is 7.07. The van der Waals surface area contributed by atoms with Gasteiger partial charge in [-0.1, -0.05) is 45.9 Å². The predicted molar refractivity (Wildman–Crippen MR) is 149 cm³/mol. The molecule has 1 N–H and O–H groups in total. The Balaban J connectivity index is 1.43. The number of nitrogens with one attached hydrogen (secondary N) is 1. The van der Waals surface area contributed by atoms with Gasteiger partial charge in [-0.15, -0.1) is 11.8 Å². The normalized spacial score (nSPS) is 19.0. The topological polar surface area (TPSA) is 58.1 Å².